The molecule has 0 amide bonds. The number of hydrogen-bond acceptors (Lipinski definition) is 1. The molecule has 5 heteroatoms. The van der Waals surface area contributed by atoms with Crippen molar-refractivity contribution in [2.24, 2.45) is 0 Å². The van der Waals surface area contributed by atoms with Crippen molar-refractivity contribution in [2.45, 2.75) is 0 Å². The SMILES string of the molecule is [Fe].[Li].[Mn].[O]=[Ni]. The normalized spacial score (nSPS) is 1.20. The predicted molar refractivity (Wildman–Crippen MR) is 6.44 cm³/mol. The van der Waals surface area contributed by atoms with Crippen LogP contribution in [0.15, 0.2) is 0 Å². The molecule has 0 atom stereocenters. The molecule has 0 unspecified atom stereocenters. The molecule has 2 radical (unpaired) electrons. The molecule has 0 saturated heterocycles. The first-order valence-corrected chi connectivity index (χ1v) is 0.532. The van der Waals surface area contributed by atoms with Crippen LogP contribution < -0.4 is 0 Å². The summed E-state index contributed by atoms with van der Waals surface area (Å²) in [5.74, 6) is 0. The molecule has 1 nitrogen and oxygen atoms in total. The minimum absolute atomic E-state index is 0. The fourth-order valence-electron chi connectivity index (χ4n) is 0. The molecule has 0 aromatic heterocycles. The molecular formula is FeLiMnNiO. The zero-order valence-electron chi connectivity index (χ0n) is 2.46. The Balaban J connectivity index is -0.00000000167. The Kier molecular flexibility index (Phi) is 220. The minimum atomic E-state index is 0. The molecular weight excluding hydrogens is 192 g/mol. The average molecular weight is 192 g/mol. The standard InChI is InChI=1S/Fe.Li.Mn.Ni.O. The molecule has 0 aliphatic carbocycles. The summed E-state index contributed by atoms with van der Waals surface area (Å²) in [5, 5.41) is 0. The molecule has 0 fully saturated rings. The van der Waals surface area contributed by atoms with E-state index in [4.69, 9.17) is 3.90 Å². The van der Waals surface area contributed by atoms with Gasteiger partial charge in [-0.15, -0.1) is 0 Å². The summed E-state index contributed by atoms with van der Waals surface area (Å²) < 4.78 is 7.88. The molecule has 5 heavy (non-hydrogen) atoms. The average Bonchev–Trinajstić information content (AvgIpc) is 1.00. The van der Waals surface area contributed by atoms with Crippen LogP contribution in [-0.4, -0.2) is 18.9 Å². The van der Waals surface area contributed by atoms with Gasteiger partial charge in [-0.2, -0.15) is 0 Å². The Morgan fingerprint density at radius 1 is 1.20 bits per heavy atom. The maximum absolute atomic E-state index is 7.88. The van der Waals surface area contributed by atoms with Gasteiger partial charge >= 0.3 is 19.3 Å². The van der Waals surface area contributed by atoms with E-state index in [1.54, 1.807) is 0 Å². The molecule has 0 aliphatic rings. The second kappa shape index (κ2) is 38.7. The first kappa shape index (κ1) is 28.4. The van der Waals surface area contributed by atoms with E-state index < -0.39 is 0 Å². The van der Waals surface area contributed by atoms with E-state index in [-0.39, 0.29) is 53.0 Å². The molecule has 0 aliphatic heterocycles. The van der Waals surface area contributed by atoms with Crippen molar-refractivity contribution in [3.05, 3.63) is 0 Å². The predicted octanol–water partition coefficient (Wildman–Crippen LogP) is -0.507. The summed E-state index contributed by atoms with van der Waals surface area (Å²) in [7, 11) is 0. The van der Waals surface area contributed by atoms with Crippen LogP contribution in [0.25, 0.3) is 0 Å². The molecule has 32 valence electrons. The van der Waals surface area contributed by atoms with Crippen LogP contribution in [0.2, 0.25) is 0 Å². The van der Waals surface area contributed by atoms with Gasteiger partial charge in [0.25, 0.3) is 0 Å². The van der Waals surface area contributed by atoms with Crippen LogP contribution >= 0.6 is 0 Å². The van der Waals surface area contributed by atoms with E-state index in [1.807, 2.05) is 0 Å². The summed E-state index contributed by atoms with van der Waals surface area (Å²) in [6.45, 7) is 0. The van der Waals surface area contributed by atoms with Crippen molar-refractivity contribution in [3.8, 4) is 0 Å². The number of hydrogen-bond donors (Lipinski definition) is 0. The van der Waals surface area contributed by atoms with Gasteiger partial charge in [0.15, 0.2) is 0 Å². The van der Waals surface area contributed by atoms with Crippen LogP contribution in [0.1, 0.15) is 0 Å². The topological polar surface area (TPSA) is 17.1 Å². The Hall–Kier alpha value is 1.93. The van der Waals surface area contributed by atoms with Crippen molar-refractivity contribution in [3.63, 3.8) is 0 Å². The van der Waals surface area contributed by atoms with Crippen molar-refractivity contribution in [2.75, 3.05) is 0 Å². The van der Waals surface area contributed by atoms with E-state index in [1.165, 1.54) is 0 Å². The van der Waals surface area contributed by atoms with Gasteiger partial charge in [0.1, 0.15) is 0 Å². The molecule has 0 saturated carbocycles. The van der Waals surface area contributed by atoms with E-state index in [0.29, 0.717) is 0 Å². The van der Waals surface area contributed by atoms with Gasteiger partial charge in [-0.05, 0) is 0 Å². The van der Waals surface area contributed by atoms with Crippen LogP contribution in [0, 0.1) is 0 Å². The van der Waals surface area contributed by atoms with Crippen molar-refractivity contribution in [1.82, 2.24) is 0 Å². The maximum atomic E-state index is 7.88. The summed E-state index contributed by atoms with van der Waals surface area (Å²) in [5.41, 5.74) is 0. The van der Waals surface area contributed by atoms with E-state index in [0.717, 1.165) is 0 Å². The van der Waals surface area contributed by atoms with Gasteiger partial charge in [0.05, 0.1) is 0 Å². The van der Waals surface area contributed by atoms with E-state index >= 15 is 0 Å². The molecule has 0 aromatic rings. The van der Waals surface area contributed by atoms with E-state index in [9.17, 15) is 0 Å². The fraction of sp³-hybridized carbons (Fsp3) is 0. The van der Waals surface area contributed by atoms with Gasteiger partial charge in [-0.1, -0.05) is 0 Å². The van der Waals surface area contributed by atoms with Gasteiger partial charge < -0.3 is 0 Å². The van der Waals surface area contributed by atoms with Crippen LogP contribution in [0.4, 0.5) is 0 Å². The number of rotatable bonds is 0. The third kappa shape index (κ3) is 24.6. The summed E-state index contributed by atoms with van der Waals surface area (Å²) in [6, 6.07) is 0. The third-order valence-corrected chi connectivity index (χ3v) is 0. The van der Waals surface area contributed by atoms with Crippen LogP contribution in [0.3, 0.4) is 0 Å². The Bertz CT molecular complexity index is 11.6. The van der Waals surface area contributed by atoms with E-state index in [2.05, 4.69) is 15.4 Å². The molecule has 0 heterocycles. The van der Waals surface area contributed by atoms with Gasteiger partial charge in [0, 0.05) is 53.0 Å². The first-order valence-electron chi connectivity index (χ1n) is 0.129. The van der Waals surface area contributed by atoms with Gasteiger partial charge in [-0.3, -0.25) is 0 Å². The molecule has 0 rings (SSSR count). The quantitative estimate of drug-likeness (QED) is 0.473. The first-order chi connectivity index (χ1) is 1.00. The second-order valence-corrected chi connectivity index (χ2v) is 0. The van der Waals surface area contributed by atoms with Crippen LogP contribution in [-0.2, 0) is 53.4 Å². The molecule has 0 bridgehead atoms. The Morgan fingerprint density at radius 3 is 1.20 bits per heavy atom. The molecule has 0 aromatic carbocycles. The zero-order chi connectivity index (χ0) is 2.00. The Labute approximate surface area is 71.7 Å². The van der Waals surface area contributed by atoms with Crippen molar-refractivity contribution in [1.29, 1.82) is 0 Å². The third-order valence-electron chi connectivity index (χ3n) is 0. The fourth-order valence-corrected chi connectivity index (χ4v) is 0. The second-order valence-electron chi connectivity index (χ2n) is 0. The Morgan fingerprint density at radius 2 is 1.20 bits per heavy atom. The monoisotopic (exact) mass is 192 g/mol. The van der Waals surface area contributed by atoms with Crippen molar-refractivity contribution >= 4 is 18.9 Å². The van der Waals surface area contributed by atoms with Crippen molar-refractivity contribution < 1.29 is 53.4 Å². The summed E-state index contributed by atoms with van der Waals surface area (Å²) in [4.78, 5) is 0. The molecule has 0 N–H and O–H groups in total. The zero-order valence-corrected chi connectivity index (χ0v) is 5.73. The summed E-state index contributed by atoms with van der Waals surface area (Å²) >= 11 is 2.62. The van der Waals surface area contributed by atoms with Gasteiger partial charge in [0.2, 0.25) is 0 Å². The van der Waals surface area contributed by atoms with Gasteiger partial charge in [-0.25, -0.2) is 0 Å². The summed E-state index contributed by atoms with van der Waals surface area (Å²) in [6.07, 6.45) is 0. The van der Waals surface area contributed by atoms with Crippen LogP contribution in [0.5, 0.6) is 0 Å². The molecule has 0 spiro atoms.